The van der Waals surface area contributed by atoms with Gasteiger partial charge in [0, 0.05) is 16.8 Å². The predicted octanol–water partition coefficient (Wildman–Crippen LogP) is 3.33. The monoisotopic (exact) mass is 264 g/mol. The first-order valence-electron chi connectivity index (χ1n) is 3.82. The van der Waals surface area contributed by atoms with Crippen molar-refractivity contribution in [2.45, 2.75) is 11.8 Å². The second kappa shape index (κ2) is 4.88. The number of benzene rings is 1. The van der Waals surface area contributed by atoms with E-state index in [1.165, 1.54) is 19.1 Å². The number of carboxylic acids is 1. The SMILES string of the molecule is CC(=O)Sc1c(Cl)cc(Cl)cc1C(=O)O. The molecule has 0 radical (unpaired) electrons. The third-order valence-electron chi connectivity index (χ3n) is 1.48. The lowest BCUT2D eigenvalue weighted by Gasteiger charge is -2.06. The van der Waals surface area contributed by atoms with Gasteiger partial charge in [-0.3, -0.25) is 4.79 Å². The van der Waals surface area contributed by atoms with Crippen molar-refractivity contribution in [3.8, 4) is 0 Å². The van der Waals surface area contributed by atoms with Crippen molar-refractivity contribution in [3.63, 3.8) is 0 Å². The maximum absolute atomic E-state index is 10.9. The first-order chi connectivity index (χ1) is 6.91. The number of rotatable bonds is 2. The van der Waals surface area contributed by atoms with Gasteiger partial charge in [0.15, 0.2) is 5.12 Å². The zero-order chi connectivity index (χ0) is 11.6. The average molecular weight is 265 g/mol. The molecule has 0 amide bonds. The summed E-state index contributed by atoms with van der Waals surface area (Å²) in [5.41, 5.74) is -0.0623. The molecule has 0 atom stereocenters. The molecule has 1 N–H and O–H groups in total. The number of thioether (sulfide) groups is 1. The van der Waals surface area contributed by atoms with Crippen LogP contribution in [0.3, 0.4) is 0 Å². The number of carbonyl (C=O) groups excluding carboxylic acids is 1. The number of halogens is 2. The zero-order valence-corrected chi connectivity index (χ0v) is 9.91. The van der Waals surface area contributed by atoms with Gasteiger partial charge in [-0.1, -0.05) is 23.2 Å². The van der Waals surface area contributed by atoms with E-state index < -0.39 is 5.97 Å². The average Bonchev–Trinajstić information content (AvgIpc) is 2.08. The summed E-state index contributed by atoms with van der Waals surface area (Å²) in [5.74, 6) is -1.16. The van der Waals surface area contributed by atoms with Crippen LogP contribution in [0, 0.1) is 0 Å². The Kier molecular flexibility index (Phi) is 4.02. The summed E-state index contributed by atoms with van der Waals surface area (Å²) < 4.78 is 0. The van der Waals surface area contributed by atoms with E-state index in [1.54, 1.807) is 0 Å². The van der Waals surface area contributed by atoms with Crippen molar-refractivity contribution in [2.75, 3.05) is 0 Å². The van der Waals surface area contributed by atoms with Gasteiger partial charge in [-0.05, 0) is 23.9 Å². The minimum Gasteiger partial charge on any atom is -0.478 e. The van der Waals surface area contributed by atoms with Crippen LogP contribution >= 0.6 is 35.0 Å². The van der Waals surface area contributed by atoms with Gasteiger partial charge in [0.2, 0.25) is 0 Å². The Bertz CT molecular complexity index is 432. The van der Waals surface area contributed by atoms with Crippen molar-refractivity contribution in [1.82, 2.24) is 0 Å². The highest BCUT2D eigenvalue weighted by molar-refractivity contribution is 8.13. The van der Waals surface area contributed by atoms with Gasteiger partial charge in [0.05, 0.1) is 10.6 Å². The molecule has 1 rings (SSSR count). The van der Waals surface area contributed by atoms with Gasteiger partial charge in [0.25, 0.3) is 0 Å². The van der Waals surface area contributed by atoms with Crippen molar-refractivity contribution >= 4 is 46.0 Å². The lowest BCUT2D eigenvalue weighted by Crippen LogP contribution is -2.00. The second-order valence-corrected chi connectivity index (χ2v) is 4.69. The number of hydrogen-bond acceptors (Lipinski definition) is 3. The minimum atomic E-state index is -1.16. The Balaban J connectivity index is 3.33. The van der Waals surface area contributed by atoms with Gasteiger partial charge in [0.1, 0.15) is 0 Å². The molecule has 0 spiro atoms. The smallest absolute Gasteiger partial charge is 0.336 e. The Labute approximate surface area is 100 Å². The fourth-order valence-corrected chi connectivity index (χ4v) is 2.28. The van der Waals surface area contributed by atoms with E-state index in [0.29, 0.717) is 0 Å². The van der Waals surface area contributed by atoms with Crippen LogP contribution in [-0.2, 0) is 4.79 Å². The molecule has 3 nitrogen and oxygen atoms in total. The molecular formula is C9H6Cl2O3S. The van der Waals surface area contributed by atoms with Crippen molar-refractivity contribution in [3.05, 3.63) is 27.7 Å². The maximum atomic E-state index is 10.9. The van der Waals surface area contributed by atoms with Gasteiger partial charge in [-0.2, -0.15) is 0 Å². The van der Waals surface area contributed by atoms with Crippen molar-refractivity contribution in [2.24, 2.45) is 0 Å². The Morgan fingerprint density at radius 2 is 1.93 bits per heavy atom. The molecule has 0 bridgehead atoms. The number of hydrogen-bond donors (Lipinski definition) is 1. The normalized spacial score (nSPS) is 10.1. The van der Waals surface area contributed by atoms with Crippen LogP contribution in [0.1, 0.15) is 17.3 Å². The molecule has 80 valence electrons. The second-order valence-electron chi connectivity index (χ2n) is 2.66. The van der Waals surface area contributed by atoms with E-state index in [0.717, 1.165) is 11.8 Å². The number of carbonyl (C=O) groups is 2. The van der Waals surface area contributed by atoms with Gasteiger partial charge >= 0.3 is 5.97 Å². The molecule has 0 saturated heterocycles. The Morgan fingerprint density at radius 3 is 2.40 bits per heavy atom. The van der Waals surface area contributed by atoms with Crippen LogP contribution in [0.4, 0.5) is 0 Å². The lowest BCUT2D eigenvalue weighted by molar-refractivity contribution is -0.109. The molecule has 0 heterocycles. The van der Waals surface area contributed by atoms with Gasteiger partial charge in [-0.15, -0.1) is 0 Å². The fraction of sp³-hybridized carbons (Fsp3) is 0.111. The summed E-state index contributed by atoms with van der Waals surface area (Å²) >= 11 is 12.2. The van der Waals surface area contributed by atoms with E-state index in [4.69, 9.17) is 28.3 Å². The summed E-state index contributed by atoms with van der Waals surface area (Å²) in [6.45, 7) is 1.33. The van der Waals surface area contributed by atoms with Crippen LogP contribution in [0.25, 0.3) is 0 Å². The largest absolute Gasteiger partial charge is 0.478 e. The Morgan fingerprint density at radius 1 is 1.33 bits per heavy atom. The van der Waals surface area contributed by atoms with Crippen LogP contribution in [0.5, 0.6) is 0 Å². The van der Waals surface area contributed by atoms with Crippen molar-refractivity contribution < 1.29 is 14.7 Å². The zero-order valence-electron chi connectivity index (χ0n) is 7.58. The highest BCUT2D eigenvalue weighted by Gasteiger charge is 2.16. The molecule has 15 heavy (non-hydrogen) atoms. The quantitative estimate of drug-likeness (QED) is 0.833. The highest BCUT2D eigenvalue weighted by Crippen LogP contribution is 2.33. The van der Waals surface area contributed by atoms with Crippen LogP contribution < -0.4 is 0 Å². The predicted molar refractivity (Wildman–Crippen MR) is 60.0 cm³/mol. The molecule has 0 aliphatic carbocycles. The summed E-state index contributed by atoms with van der Waals surface area (Å²) in [6, 6.07) is 2.67. The molecule has 0 aliphatic rings. The maximum Gasteiger partial charge on any atom is 0.336 e. The van der Waals surface area contributed by atoms with Crippen LogP contribution in [-0.4, -0.2) is 16.2 Å². The summed E-state index contributed by atoms with van der Waals surface area (Å²) in [7, 11) is 0. The third-order valence-corrected chi connectivity index (χ3v) is 3.04. The van der Waals surface area contributed by atoms with Crippen LogP contribution in [0.2, 0.25) is 10.0 Å². The topological polar surface area (TPSA) is 54.4 Å². The van der Waals surface area contributed by atoms with Gasteiger partial charge < -0.3 is 5.11 Å². The van der Waals surface area contributed by atoms with Crippen LogP contribution in [0.15, 0.2) is 17.0 Å². The van der Waals surface area contributed by atoms with E-state index in [1.807, 2.05) is 0 Å². The van der Waals surface area contributed by atoms with Crippen molar-refractivity contribution in [1.29, 1.82) is 0 Å². The molecule has 0 saturated carbocycles. The van der Waals surface area contributed by atoms with E-state index >= 15 is 0 Å². The highest BCUT2D eigenvalue weighted by atomic mass is 35.5. The number of aromatic carboxylic acids is 1. The van der Waals surface area contributed by atoms with E-state index in [2.05, 4.69) is 0 Å². The fourth-order valence-electron chi connectivity index (χ4n) is 0.967. The molecule has 0 unspecified atom stereocenters. The molecule has 0 aliphatic heterocycles. The lowest BCUT2D eigenvalue weighted by atomic mass is 10.2. The standard InChI is InChI=1S/C9H6Cl2O3S/c1-4(12)15-8-6(9(13)14)2-5(10)3-7(8)11/h2-3H,1H3,(H,13,14). The first kappa shape index (κ1) is 12.4. The summed E-state index contributed by atoms with van der Waals surface area (Å²) in [6.07, 6.45) is 0. The summed E-state index contributed by atoms with van der Waals surface area (Å²) in [5, 5.41) is 9.04. The molecule has 1 aromatic rings. The number of carboxylic acid groups (broad SMARTS) is 1. The van der Waals surface area contributed by atoms with E-state index in [9.17, 15) is 9.59 Å². The Hall–Kier alpha value is -0.710. The first-order valence-corrected chi connectivity index (χ1v) is 5.40. The minimum absolute atomic E-state index is 0.0623. The molecule has 6 heteroatoms. The third kappa shape index (κ3) is 3.12. The summed E-state index contributed by atoms with van der Waals surface area (Å²) in [4.78, 5) is 22.0. The molecule has 0 aromatic heterocycles. The molecular weight excluding hydrogens is 259 g/mol. The molecule has 0 fully saturated rings. The van der Waals surface area contributed by atoms with E-state index in [-0.39, 0.29) is 25.6 Å². The van der Waals surface area contributed by atoms with Gasteiger partial charge in [-0.25, -0.2) is 4.79 Å². The molecule has 1 aromatic carbocycles.